The van der Waals surface area contributed by atoms with Crippen LogP contribution in [0.15, 0.2) is 160 Å². The number of halogens is 5. The van der Waals surface area contributed by atoms with E-state index >= 15 is 0 Å². The second-order valence-electron chi connectivity index (χ2n) is 36.8. The molecule has 55 heteroatoms. The number of carbonyl (C=O) groups is 4. The predicted molar refractivity (Wildman–Crippen MR) is 573 cm³/mol. The van der Waals surface area contributed by atoms with Crippen molar-refractivity contribution in [2.75, 3.05) is 62.0 Å². The molecule has 20 N–H and O–H groups in total. The van der Waals surface area contributed by atoms with Crippen LogP contribution in [0.3, 0.4) is 0 Å². The molecule has 42 nitrogen and oxygen atoms in total. The topological polar surface area (TPSA) is 660 Å². The van der Waals surface area contributed by atoms with E-state index in [2.05, 4.69) is 172 Å². The lowest BCUT2D eigenvalue weighted by atomic mass is 9.90. The van der Waals surface area contributed by atoms with Crippen LogP contribution in [-0.4, -0.2) is 238 Å². The minimum atomic E-state index is -4.21. The average Bonchev–Trinajstić information content (AvgIpc) is 1.61. The summed E-state index contributed by atoms with van der Waals surface area (Å²) < 4.78 is 113. The molecular weight excluding hydrogens is 2340 g/mol. The predicted octanol–water partition coefficient (Wildman–Crippen LogP) is 9.28. The van der Waals surface area contributed by atoms with Crippen molar-refractivity contribution in [3.05, 3.63) is 283 Å². The third-order valence-corrected chi connectivity index (χ3v) is 34.7. The standard InChI is InChI=1S/C25H28BrN5O6S2.C25H28BrN5O5S2.C24H25Cl2N5O6S2.C20H22BrN5O5S2.CH4/c1-12-16(21-17-7-15(26)3-2-13(17)4-5-29-21)8-20(38-12)23(33)18-9-28-11-30-25(18)31-19-6-14(22(32)24(19)34)10-37-39(27,35)36;1-13-18(23-19-7-16(26)3-2-14(19)4-5-29-23)9-22(37-13)24(33)20-10-28-12-30-25(20)31-17-6-15(21(32)8-17)11-36-38(27,34)35;25-13-2-1-11-3-4-29-19(14(11)6-13)15-7-18(38-23(15)26)21(33)16-8-28-10-30-24(16)31-17-5-12(20(32)22(17)34)9-37-39(27,35)36;21-19-7-26(11-25-19)6-13-4-18(32-9-13)20(28)15-5-23-10-24-16(15)2-12-1-14(17(27)3-12)8-31-33(22,29)30;/h2-3,7-9,11,14,19,21-22,24,29,32,34H,4-6,10H2,1H3,(H2,27,35,36)(H,28,30,31);2-3,7,9-10,12,15,17,21,23,29,32H,4-6,8,11H2,1H3,(H2,27,34,35)(H,28,30,31);1-2,6-8,10,12,17,19-20,22,29,32,34H,3-5,9H2,(H2,27,35,36)(H,28,30,31);4-5,7,9-12,14,17,27H,1-3,6,8H2,(H2,22,29,30);1H4/t14-,19-,21?,22-,24+;15-,17-,21+,23?;12-,17-,19?,20-,22+;12-,14+,17-;/m1110./s1. The fourth-order valence-electron chi connectivity index (χ4n) is 19.5. The highest BCUT2D eigenvalue weighted by molar-refractivity contribution is 9.11. The van der Waals surface area contributed by atoms with E-state index < -0.39 is 114 Å². The number of aliphatic hydroxyl groups excluding tert-OH is 6. The summed E-state index contributed by atoms with van der Waals surface area (Å²) in [7, 11) is -16.5. The van der Waals surface area contributed by atoms with E-state index in [9.17, 15) is 83.5 Å². The van der Waals surface area contributed by atoms with Crippen LogP contribution < -0.4 is 52.5 Å². The molecule has 4 aliphatic carbocycles. The van der Waals surface area contributed by atoms with Gasteiger partial charge in [-0.05, 0) is 216 Å². The van der Waals surface area contributed by atoms with Crippen molar-refractivity contribution in [3.63, 3.8) is 0 Å². The number of aryl methyl sites for hydroxylation is 2. The van der Waals surface area contributed by atoms with Crippen LogP contribution in [-0.2, 0) is 90.2 Å². The zero-order chi connectivity index (χ0) is 106. The second kappa shape index (κ2) is 50.0. The van der Waals surface area contributed by atoms with Crippen molar-refractivity contribution in [2.45, 2.75) is 165 Å². The number of nitrogens with one attached hydrogen (secondary N) is 6. The van der Waals surface area contributed by atoms with Gasteiger partial charge in [0.15, 0.2) is 0 Å². The molecule has 12 heterocycles. The van der Waals surface area contributed by atoms with E-state index in [0.717, 1.165) is 107 Å². The Kier molecular flexibility index (Phi) is 38.4. The van der Waals surface area contributed by atoms with Gasteiger partial charge in [0.1, 0.15) is 59.6 Å². The normalized spacial score (nSPS) is 23.4. The van der Waals surface area contributed by atoms with E-state index in [1.807, 2.05) is 72.5 Å². The summed E-state index contributed by atoms with van der Waals surface area (Å²) >= 11 is 28.7. The van der Waals surface area contributed by atoms with Crippen LogP contribution in [0.2, 0.25) is 9.36 Å². The number of benzene rings is 3. The third kappa shape index (κ3) is 29.1. The molecule has 19 rings (SSSR count). The van der Waals surface area contributed by atoms with Gasteiger partial charge >= 0.3 is 41.2 Å². The number of anilines is 3. The highest BCUT2D eigenvalue weighted by Crippen LogP contribution is 2.45. The van der Waals surface area contributed by atoms with Gasteiger partial charge in [0.2, 0.25) is 23.1 Å². The van der Waals surface area contributed by atoms with Crippen molar-refractivity contribution in [1.82, 2.24) is 65.4 Å². The zero-order valence-corrected chi connectivity index (χ0v) is 91.9. The number of nitrogens with zero attached hydrogens (tertiary/aromatic N) is 10. The third-order valence-electron chi connectivity index (χ3n) is 26.7. The number of rotatable bonds is 33. The van der Waals surface area contributed by atoms with Gasteiger partial charge < -0.3 is 67.1 Å². The second-order valence-corrected chi connectivity index (χ2v) is 49.9. The first-order valence-electron chi connectivity index (χ1n) is 46.5. The van der Waals surface area contributed by atoms with E-state index in [-0.39, 0.29) is 122 Å². The number of hydrogen-bond donors (Lipinski definition) is 16. The monoisotopic (exact) mass is 2440 g/mol. The van der Waals surface area contributed by atoms with Gasteiger partial charge in [-0.1, -0.05) is 80.7 Å². The van der Waals surface area contributed by atoms with E-state index in [0.29, 0.717) is 90.2 Å². The molecule has 0 bridgehead atoms. The summed E-state index contributed by atoms with van der Waals surface area (Å²) in [5, 5.41) is 105. The molecule has 3 aromatic carbocycles. The molecule has 12 aromatic rings. The Bertz CT molecular complexity index is 7210. The van der Waals surface area contributed by atoms with Gasteiger partial charge in [-0.15, -0.1) is 45.3 Å². The quantitative estimate of drug-likeness (QED) is 0.0170. The summed E-state index contributed by atoms with van der Waals surface area (Å²) in [6, 6.07) is 23.9. The summed E-state index contributed by atoms with van der Waals surface area (Å²) in [5.41, 5.74) is 12.7. The van der Waals surface area contributed by atoms with Crippen LogP contribution in [0.4, 0.5) is 17.5 Å². The molecule has 0 radical (unpaired) electrons. The van der Waals surface area contributed by atoms with Gasteiger partial charge in [0.25, 0.3) is 0 Å². The van der Waals surface area contributed by atoms with Gasteiger partial charge in [-0.25, -0.2) is 65.4 Å². The first-order valence-corrected chi connectivity index (χ1v) is 58.9. The SMILES string of the molecule is C.Cc1sc(C(=O)c2cncnc2N[C@@H]2C[C@H](COS(N)(=O)=O)[C@@H](O)C2)cc1C1NCCc2ccc(Br)cc21.Cc1sc(C(=O)c2cncnc2N[C@@H]2C[C@H](COS(N)(=O)=O)[C@@H](O)[C@H]2O)cc1C1NCCc2ccc(Br)cc21.NS(=O)(=O)OC[C@H]1C[C@@H](Cc2ncncc2C(=O)c2cc(Cn3cnc(Br)c3)cs2)C[C@@H]1O.NS(=O)(=O)OC[C@H]1C[C@@H](Nc2ncncc2C(=O)c2cc(C3NCCc4ccc(Cl)cc43)c(Cl)s2)[C@H](O)[C@@H]1O. The lowest BCUT2D eigenvalue weighted by Crippen LogP contribution is -2.36. The maximum atomic E-state index is 13.7. The highest BCUT2D eigenvalue weighted by Gasteiger charge is 2.46. The molecule has 802 valence electrons. The Balaban J connectivity index is 0.000000149. The Morgan fingerprint density at radius 1 is 0.460 bits per heavy atom. The highest BCUT2D eigenvalue weighted by atomic mass is 79.9. The molecule has 0 spiro atoms. The molecule has 4 saturated carbocycles. The summed E-state index contributed by atoms with van der Waals surface area (Å²) in [6.45, 7) is 5.89. The summed E-state index contributed by atoms with van der Waals surface area (Å²) in [5.74, 6) is -2.41. The minimum absolute atomic E-state index is 0. The summed E-state index contributed by atoms with van der Waals surface area (Å²) in [6.07, 6.45) is 13.4. The molecule has 3 unspecified atom stereocenters. The Labute approximate surface area is 915 Å². The fourth-order valence-corrected chi connectivity index (χ4v) is 26.5. The first kappa shape index (κ1) is 115. The van der Waals surface area contributed by atoms with E-state index in [4.69, 9.17) is 43.8 Å². The lowest BCUT2D eigenvalue weighted by Gasteiger charge is -2.27. The maximum absolute atomic E-state index is 13.7. The van der Waals surface area contributed by atoms with Crippen LogP contribution in [0.5, 0.6) is 0 Å². The number of ketones is 4. The van der Waals surface area contributed by atoms with Crippen LogP contribution in [0, 0.1) is 43.4 Å². The van der Waals surface area contributed by atoms with E-state index in [1.54, 1.807) is 12.4 Å². The number of carbonyl (C=O) groups excluding carboxylic acids is 4. The number of aromatic nitrogens is 10. The van der Waals surface area contributed by atoms with Gasteiger partial charge in [-0.3, -0.25) is 35.9 Å². The Hall–Kier alpha value is -8.79. The molecule has 150 heavy (non-hydrogen) atoms. The van der Waals surface area contributed by atoms with Crippen LogP contribution in [0.25, 0.3) is 0 Å². The van der Waals surface area contributed by atoms with Crippen molar-refractivity contribution in [1.29, 1.82) is 0 Å². The van der Waals surface area contributed by atoms with E-state index in [1.165, 1.54) is 106 Å². The number of fused-ring (bicyclic) bond motifs is 3. The molecule has 9 aromatic heterocycles. The molecule has 0 amide bonds. The zero-order valence-electron chi connectivity index (χ0n) is 79.1. The average molecular weight is 2450 g/mol. The fraction of sp³-hybridized carbons (Fsp3) is 0.400. The number of aliphatic hydroxyl groups is 6. The van der Waals surface area contributed by atoms with Gasteiger partial charge in [0, 0.05) is 116 Å². The number of thiophene rings is 4. The first-order chi connectivity index (χ1) is 70.8. The lowest BCUT2D eigenvalue weighted by molar-refractivity contribution is 0.00774. The van der Waals surface area contributed by atoms with Crippen molar-refractivity contribution in [2.24, 2.45) is 50.1 Å². The van der Waals surface area contributed by atoms with Crippen LogP contribution in [0.1, 0.15) is 196 Å². The Morgan fingerprint density at radius 2 is 0.867 bits per heavy atom. The number of imidazole rings is 1. The van der Waals surface area contributed by atoms with Crippen molar-refractivity contribution < 1.29 is 100 Å². The molecule has 3 aliphatic heterocycles. The van der Waals surface area contributed by atoms with Gasteiger partial charge in [0.05, 0.1) is 139 Å². The largest absolute Gasteiger partial charge is 0.393 e. The molecule has 4 fully saturated rings. The maximum Gasteiger partial charge on any atom is 0.333 e. The molecular formula is C95H107Br3Cl2N20O22S8. The summed E-state index contributed by atoms with van der Waals surface area (Å²) in [4.78, 5) is 95.5. The molecule has 7 aliphatic rings. The van der Waals surface area contributed by atoms with Crippen LogP contribution >= 0.6 is 116 Å². The minimum Gasteiger partial charge on any atom is -0.393 e. The van der Waals surface area contributed by atoms with Crippen molar-refractivity contribution >= 4 is 198 Å². The number of hydrogen-bond acceptors (Lipinski definition) is 41. The number of nitrogens with two attached hydrogens (primary N) is 4. The Morgan fingerprint density at radius 3 is 1.33 bits per heavy atom. The molecule has 0 saturated heterocycles. The smallest absolute Gasteiger partial charge is 0.333 e. The molecule has 17 atom stereocenters. The van der Waals surface area contributed by atoms with Gasteiger partial charge in [-0.2, -0.15) is 33.7 Å². The van der Waals surface area contributed by atoms with Crippen molar-refractivity contribution in [3.8, 4) is 0 Å².